The number of rotatable bonds is 5. The van der Waals surface area contributed by atoms with Crippen LogP contribution in [0.4, 0.5) is 0 Å². The van der Waals surface area contributed by atoms with E-state index >= 15 is 0 Å². The normalized spacial score (nSPS) is 21.2. The summed E-state index contributed by atoms with van der Waals surface area (Å²) in [7, 11) is 0. The van der Waals surface area contributed by atoms with Gasteiger partial charge in [0.25, 0.3) is 0 Å². The van der Waals surface area contributed by atoms with Crippen LogP contribution >= 0.6 is 11.6 Å². The number of likely N-dealkylation sites (tertiary alicyclic amines) is 1. The molecule has 1 amide bonds. The summed E-state index contributed by atoms with van der Waals surface area (Å²) in [5.41, 5.74) is 0.731. The Balaban J connectivity index is 1.49. The standard InChI is InChI=1S/C20H27ClN2O2/c1-14(20(25)22-18-4-2-3-5-18)23-12-10-16(11-13-23)19(24)15-6-8-17(21)9-7-15/h6-9,14,16,18H,2-5,10-13H2,1H3,(H,22,25)/t14-/m1/s1. The van der Waals surface area contributed by atoms with Crippen molar-refractivity contribution >= 4 is 23.3 Å². The zero-order chi connectivity index (χ0) is 17.8. The van der Waals surface area contributed by atoms with Crippen LogP contribution in [0.2, 0.25) is 5.02 Å². The number of nitrogens with one attached hydrogen (secondary N) is 1. The molecule has 1 aromatic carbocycles. The zero-order valence-corrected chi connectivity index (χ0v) is 15.6. The summed E-state index contributed by atoms with van der Waals surface area (Å²) in [4.78, 5) is 27.2. The van der Waals surface area contributed by atoms with Crippen molar-refractivity contribution in [3.63, 3.8) is 0 Å². The third-order valence-corrected chi connectivity index (χ3v) is 5.91. The van der Waals surface area contributed by atoms with Gasteiger partial charge in [-0.3, -0.25) is 14.5 Å². The molecule has 1 aliphatic carbocycles. The molecule has 0 unspecified atom stereocenters. The predicted molar refractivity (Wildman–Crippen MR) is 99.9 cm³/mol. The van der Waals surface area contributed by atoms with Gasteiger partial charge in [0.15, 0.2) is 5.78 Å². The Labute approximate surface area is 154 Å². The van der Waals surface area contributed by atoms with Gasteiger partial charge >= 0.3 is 0 Å². The van der Waals surface area contributed by atoms with E-state index in [1.54, 1.807) is 24.3 Å². The number of Topliss-reactive ketones (excluding diaryl/α,β-unsaturated/α-hetero) is 1. The van der Waals surface area contributed by atoms with Crippen LogP contribution < -0.4 is 5.32 Å². The topological polar surface area (TPSA) is 49.4 Å². The molecule has 2 fully saturated rings. The van der Waals surface area contributed by atoms with Gasteiger partial charge in [-0.2, -0.15) is 0 Å². The van der Waals surface area contributed by atoms with Gasteiger partial charge in [-0.25, -0.2) is 0 Å². The van der Waals surface area contributed by atoms with Crippen LogP contribution in [0.3, 0.4) is 0 Å². The number of hydrogen-bond donors (Lipinski definition) is 1. The van der Waals surface area contributed by atoms with Crippen LogP contribution in [0.25, 0.3) is 0 Å². The Bertz CT molecular complexity index is 603. The summed E-state index contributed by atoms with van der Waals surface area (Å²) in [6.45, 7) is 3.57. The minimum Gasteiger partial charge on any atom is -0.352 e. The number of hydrogen-bond acceptors (Lipinski definition) is 3. The molecule has 1 aliphatic heterocycles. The third-order valence-electron chi connectivity index (χ3n) is 5.66. The van der Waals surface area contributed by atoms with Crippen molar-refractivity contribution < 1.29 is 9.59 Å². The van der Waals surface area contributed by atoms with Gasteiger partial charge in [0.2, 0.25) is 5.91 Å². The minimum absolute atomic E-state index is 0.0440. The van der Waals surface area contributed by atoms with E-state index in [-0.39, 0.29) is 23.7 Å². The van der Waals surface area contributed by atoms with Gasteiger partial charge < -0.3 is 5.32 Å². The van der Waals surface area contributed by atoms with Crippen LogP contribution in [0.15, 0.2) is 24.3 Å². The Morgan fingerprint density at radius 2 is 1.68 bits per heavy atom. The number of carbonyl (C=O) groups excluding carboxylic acids is 2. The van der Waals surface area contributed by atoms with E-state index in [4.69, 9.17) is 11.6 Å². The van der Waals surface area contributed by atoms with Crippen LogP contribution in [0, 0.1) is 5.92 Å². The highest BCUT2D eigenvalue weighted by Crippen LogP contribution is 2.24. The van der Waals surface area contributed by atoms with Gasteiger partial charge in [0.1, 0.15) is 0 Å². The Hall–Kier alpha value is -1.39. The lowest BCUT2D eigenvalue weighted by atomic mass is 9.88. The quantitative estimate of drug-likeness (QED) is 0.813. The maximum absolute atomic E-state index is 12.6. The second-order valence-electron chi connectivity index (χ2n) is 7.35. The Morgan fingerprint density at radius 1 is 1.08 bits per heavy atom. The number of carbonyl (C=O) groups is 2. The van der Waals surface area contributed by atoms with Crippen molar-refractivity contribution in [3.8, 4) is 0 Å². The minimum atomic E-state index is -0.118. The average Bonchev–Trinajstić information content (AvgIpc) is 3.14. The molecule has 0 radical (unpaired) electrons. The molecule has 0 spiro atoms. The molecular formula is C20H27ClN2O2. The lowest BCUT2D eigenvalue weighted by molar-refractivity contribution is -0.127. The fourth-order valence-electron chi connectivity index (χ4n) is 3.96. The van der Waals surface area contributed by atoms with Gasteiger partial charge in [0, 0.05) is 22.5 Å². The van der Waals surface area contributed by atoms with Crippen molar-refractivity contribution in [1.82, 2.24) is 10.2 Å². The molecule has 1 saturated carbocycles. The number of nitrogens with zero attached hydrogens (tertiary/aromatic N) is 1. The fourth-order valence-corrected chi connectivity index (χ4v) is 4.08. The van der Waals surface area contributed by atoms with Gasteiger partial charge in [-0.15, -0.1) is 0 Å². The molecule has 1 atom stereocenters. The number of ketones is 1. The number of amides is 1. The molecule has 1 aromatic rings. The first kappa shape index (κ1) is 18.4. The number of benzene rings is 1. The smallest absolute Gasteiger partial charge is 0.237 e. The lowest BCUT2D eigenvalue weighted by Gasteiger charge is -2.35. The number of piperidine rings is 1. The summed E-state index contributed by atoms with van der Waals surface area (Å²) < 4.78 is 0. The summed E-state index contributed by atoms with van der Waals surface area (Å²) in [5.74, 6) is 0.372. The van der Waals surface area contributed by atoms with Crippen LogP contribution in [0.1, 0.15) is 55.8 Å². The largest absolute Gasteiger partial charge is 0.352 e. The maximum Gasteiger partial charge on any atom is 0.237 e. The summed E-state index contributed by atoms with van der Waals surface area (Å²) in [6, 6.07) is 7.37. The van der Waals surface area contributed by atoms with E-state index in [2.05, 4.69) is 10.2 Å². The van der Waals surface area contributed by atoms with E-state index in [0.717, 1.165) is 44.3 Å². The average molecular weight is 363 g/mol. The molecule has 5 heteroatoms. The summed E-state index contributed by atoms with van der Waals surface area (Å²) in [6.07, 6.45) is 6.27. The highest BCUT2D eigenvalue weighted by molar-refractivity contribution is 6.30. The van der Waals surface area contributed by atoms with Crippen LogP contribution in [-0.2, 0) is 4.79 Å². The second kappa shape index (κ2) is 8.33. The van der Waals surface area contributed by atoms with E-state index in [1.165, 1.54) is 12.8 Å². The lowest BCUT2D eigenvalue weighted by Crippen LogP contribution is -2.50. The van der Waals surface area contributed by atoms with Crippen molar-refractivity contribution in [2.45, 2.75) is 57.5 Å². The van der Waals surface area contributed by atoms with E-state index in [1.807, 2.05) is 6.92 Å². The SMILES string of the molecule is C[C@H](C(=O)NC1CCCC1)N1CCC(C(=O)c2ccc(Cl)cc2)CC1. The zero-order valence-electron chi connectivity index (χ0n) is 14.8. The van der Waals surface area contributed by atoms with Gasteiger partial charge in [-0.05, 0) is 70.0 Å². The molecule has 2 aliphatic rings. The highest BCUT2D eigenvalue weighted by atomic mass is 35.5. The van der Waals surface area contributed by atoms with Crippen LogP contribution in [-0.4, -0.2) is 41.8 Å². The molecule has 1 N–H and O–H groups in total. The molecule has 0 aromatic heterocycles. The monoisotopic (exact) mass is 362 g/mol. The van der Waals surface area contributed by atoms with Crippen molar-refractivity contribution in [2.75, 3.05) is 13.1 Å². The molecular weight excluding hydrogens is 336 g/mol. The maximum atomic E-state index is 12.6. The second-order valence-corrected chi connectivity index (χ2v) is 7.78. The number of halogens is 1. The fraction of sp³-hybridized carbons (Fsp3) is 0.600. The van der Waals surface area contributed by atoms with Crippen molar-refractivity contribution in [2.24, 2.45) is 5.92 Å². The van der Waals surface area contributed by atoms with Crippen molar-refractivity contribution in [1.29, 1.82) is 0 Å². The molecule has 0 bridgehead atoms. The van der Waals surface area contributed by atoms with Crippen molar-refractivity contribution in [3.05, 3.63) is 34.9 Å². The first-order valence-corrected chi connectivity index (χ1v) is 9.76. The van der Waals surface area contributed by atoms with Crippen LogP contribution in [0.5, 0.6) is 0 Å². The Kier molecular flexibility index (Phi) is 6.13. The Morgan fingerprint density at radius 3 is 2.28 bits per heavy atom. The highest BCUT2D eigenvalue weighted by Gasteiger charge is 2.31. The molecule has 3 rings (SSSR count). The van der Waals surface area contributed by atoms with E-state index in [9.17, 15) is 9.59 Å². The molecule has 1 heterocycles. The molecule has 25 heavy (non-hydrogen) atoms. The molecule has 4 nitrogen and oxygen atoms in total. The third kappa shape index (κ3) is 4.62. The first-order valence-electron chi connectivity index (χ1n) is 9.39. The first-order chi connectivity index (χ1) is 12.0. The van der Waals surface area contributed by atoms with Gasteiger partial charge in [0.05, 0.1) is 6.04 Å². The summed E-state index contributed by atoms with van der Waals surface area (Å²) >= 11 is 5.89. The summed E-state index contributed by atoms with van der Waals surface area (Å²) in [5, 5.41) is 3.83. The van der Waals surface area contributed by atoms with E-state index in [0.29, 0.717) is 11.1 Å². The van der Waals surface area contributed by atoms with Gasteiger partial charge in [-0.1, -0.05) is 24.4 Å². The molecule has 1 saturated heterocycles. The van der Waals surface area contributed by atoms with E-state index < -0.39 is 0 Å². The predicted octanol–water partition coefficient (Wildman–Crippen LogP) is 3.68. The molecule has 136 valence electrons.